The molecule has 1 heterocycles. The standard InChI is InChI=1S/C15H20N4O2/c16-10-15(7-3-4-8-15)18-13(20)9-19-12-6-2-1-5-11(12)17-14(19)21/h1-2,5-6H,3-4,7-10,16H2,(H,17,21)(H,18,20). The Kier molecular flexibility index (Phi) is 3.55. The normalized spacial score (nSPS) is 17.2. The second-order valence-electron chi connectivity index (χ2n) is 5.77. The summed E-state index contributed by atoms with van der Waals surface area (Å²) in [7, 11) is 0. The van der Waals surface area contributed by atoms with Crippen molar-refractivity contribution in [3.8, 4) is 0 Å². The second-order valence-corrected chi connectivity index (χ2v) is 5.77. The highest BCUT2D eigenvalue weighted by atomic mass is 16.2. The lowest BCUT2D eigenvalue weighted by Crippen LogP contribution is -2.52. The van der Waals surface area contributed by atoms with Crippen molar-refractivity contribution in [1.82, 2.24) is 14.9 Å². The van der Waals surface area contributed by atoms with Crippen molar-refractivity contribution in [2.45, 2.75) is 37.8 Å². The van der Waals surface area contributed by atoms with Crippen LogP contribution in [-0.2, 0) is 11.3 Å². The van der Waals surface area contributed by atoms with Gasteiger partial charge in [0.1, 0.15) is 6.54 Å². The number of carbonyl (C=O) groups excluding carboxylic acids is 1. The van der Waals surface area contributed by atoms with Gasteiger partial charge < -0.3 is 16.0 Å². The molecule has 6 nitrogen and oxygen atoms in total. The number of nitrogens with zero attached hydrogens (tertiary/aromatic N) is 1. The molecule has 4 N–H and O–H groups in total. The number of hydrogen-bond acceptors (Lipinski definition) is 3. The topological polar surface area (TPSA) is 92.9 Å². The minimum atomic E-state index is -0.285. The van der Waals surface area contributed by atoms with E-state index in [1.54, 1.807) is 0 Å². The fraction of sp³-hybridized carbons (Fsp3) is 0.467. The van der Waals surface area contributed by atoms with Gasteiger partial charge in [-0.2, -0.15) is 0 Å². The van der Waals surface area contributed by atoms with Gasteiger partial charge in [0.2, 0.25) is 5.91 Å². The third-order valence-electron chi connectivity index (χ3n) is 4.34. The third-order valence-corrected chi connectivity index (χ3v) is 4.34. The number of rotatable bonds is 4. The number of H-pyrrole nitrogens is 1. The van der Waals surface area contributed by atoms with Gasteiger partial charge >= 0.3 is 5.69 Å². The molecule has 6 heteroatoms. The summed E-state index contributed by atoms with van der Waals surface area (Å²) in [5.74, 6) is -0.158. The monoisotopic (exact) mass is 288 g/mol. The number of aromatic amines is 1. The van der Waals surface area contributed by atoms with Crippen LogP contribution in [0.1, 0.15) is 25.7 Å². The van der Waals surface area contributed by atoms with Crippen molar-refractivity contribution in [1.29, 1.82) is 0 Å². The molecule has 0 saturated heterocycles. The molecule has 0 radical (unpaired) electrons. The Morgan fingerprint density at radius 2 is 2.05 bits per heavy atom. The molecule has 21 heavy (non-hydrogen) atoms. The molecule has 0 atom stereocenters. The highest BCUT2D eigenvalue weighted by Gasteiger charge is 2.33. The first kappa shape index (κ1) is 13.9. The summed E-state index contributed by atoms with van der Waals surface area (Å²) in [6.45, 7) is 0.464. The van der Waals surface area contributed by atoms with Crippen LogP contribution in [0.2, 0.25) is 0 Å². The molecule has 1 fully saturated rings. The number of benzene rings is 1. The van der Waals surface area contributed by atoms with Crippen molar-refractivity contribution < 1.29 is 4.79 Å². The Labute approximate surface area is 122 Å². The van der Waals surface area contributed by atoms with E-state index in [0.717, 1.165) is 36.7 Å². The van der Waals surface area contributed by atoms with E-state index in [9.17, 15) is 9.59 Å². The van der Waals surface area contributed by atoms with Crippen LogP contribution >= 0.6 is 0 Å². The van der Waals surface area contributed by atoms with Gasteiger partial charge in [0.25, 0.3) is 0 Å². The zero-order valence-electron chi connectivity index (χ0n) is 11.9. The molecule has 0 unspecified atom stereocenters. The van der Waals surface area contributed by atoms with Crippen LogP contribution in [0.4, 0.5) is 0 Å². The average molecular weight is 288 g/mol. The maximum atomic E-state index is 12.3. The minimum absolute atomic E-state index is 0.0184. The van der Waals surface area contributed by atoms with Crippen LogP contribution in [0.5, 0.6) is 0 Å². The Hall–Kier alpha value is -2.08. The zero-order valence-corrected chi connectivity index (χ0v) is 11.9. The summed E-state index contributed by atoms with van der Waals surface area (Å²) in [6.07, 6.45) is 4.01. The molecule has 2 aromatic rings. The lowest BCUT2D eigenvalue weighted by molar-refractivity contribution is -0.123. The lowest BCUT2D eigenvalue weighted by atomic mass is 9.98. The molecule has 0 bridgehead atoms. The number of nitrogens with one attached hydrogen (secondary N) is 2. The smallest absolute Gasteiger partial charge is 0.326 e. The molecule has 1 aliphatic carbocycles. The number of carbonyl (C=O) groups is 1. The summed E-state index contributed by atoms with van der Waals surface area (Å²) in [5, 5.41) is 3.03. The Morgan fingerprint density at radius 3 is 2.76 bits per heavy atom. The molecule has 0 spiro atoms. The number of amides is 1. The number of para-hydroxylation sites is 2. The SMILES string of the molecule is NCC1(NC(=O)Cn2c(=O)[nH]c3ccccc32)CCCC1. The molecule has 1 amide bonds. The maximum absolute atomic E-state index is 12.3. The number of imidazole rings is 1. The lowest BCUT2D eigenvalue weighted by Gasteiger charge is -2.28. The Balaban J connectivity index is 1.80. The van der Waals surface area contributed by atoms with Crippen LogP contribution < -0.4 is 16.7 Å². The number of nitrogens with two attached hydrogens (primary N) is 1. The van der Waals surface area contributed by atoms with Gasteiger partial charge in [0, 0.05) is 6.54 Å². The quantitative estimate of drug-likeness (QED) is 0.774. The van der Waals surface area contributed by atoms with E-state index in [1.165, 1.54) is 4.57 Å². The highest BCUT2D eigenvalue weighted by Crippen LogP contribution is 2.28. The van der Waals surface area contributed by atoms with Gasteiger partial charge in [-0.25, -0.2) is 4.79 Å². The van der Waals surface area contributed by atoms with E-state index >= 15 is 0 Å². The first-order valence-corrected chi connectivity index (χ1v) is 7.32. The molecule has 1 saturated carbocycles. The van der Waals surface area contributed by atoms with Crippen LogP contribution in [0.25, 0.3) is 11.0 Å². The molecular weight excluding hydrogens is 268 g/mol. The average Bonchev–Trinajstić information content (AvgIpc) is 3.05. The van der Waals surface area contributed by atoms with Gasteiger partial charge in [-0.1, -0.05) is 25.0 Å². The van der Waals surface area contributed by atoms with Crippen molar-refractivity contribution >= 4 is 16.9 Å². The van der Waals surface area contributed by atoms with Gasteiger partial charge in [-0.05, 0) is 25.0 Å². The van der Waals surface area contributed by atoms with Gasteiger partial charge in [0.15, 0.2) is 0 Å². The van der Waals surface area contributed by atoms with Crippen LogP contribution in [0, 0.1) is 0 Å². The van der Waals surface area contributed by atoms with E-state index in [2.05, 4.69) is 10.3 Å². The third kappa shape index (κ3) is 2.58. The highest BCUT2D eigenvalue weighted by molar-refractivity contribution is 5.81. The van der Waals surface area contributed by atoms with Crippen molar-refractivity contribution in [3.63, 3.8) is 0 Å². The van der Waals surface area contributed by atoms with E-state index in [-0.39, 0.29) is 23.7 Å². The van der Waals surface area contributed by atoms with E-state index in [0.29, 0.717) is 6.54 Å². The molecule has 112 valence electrons. The van der Waals surface area contributed by atoms with Crippen LogP contribution in [0.15, 0.2) is 29.1 Å². The Bertz CT molecular complexity index is 710. The summed E-state index contributed by atoms with van der Waals surface area (Å²) in [5.41, 5.74) is 6.75. The molecule has 1 aromatic carbocycles. The van der Waals surface area contributed by atoms with Crippen LogP contribution in [0.3, 0.4) is 0 Å². The predicted molar refractivity (Wildman–Crippen MR) is 81.0 cm³/mol. The van der Waals surface area contributed by atoms with Gasteiger partial charge in [-0.3, -0.25) is 9.36 Å². The molecule has 0 aliphatic heterocycles. The maximum Gasteiger partial charge on any atom is 0.326 e. The zero-order chi connectivity index (χ0) is 14.9. The largest absolute Gasteiger partial charge is 0.348 e. The van der Waals surface area contributed by atoms with Crippen molar-refractivity contribution in [3.05, 3.63) is 34.7 Å². The van der Waals surface area contributed by atoms with Gasteiger partial charge in [0.05, 0.1) is 16.6 Å². The summed E-state index contributed by atoms with van der Waals surface area (Å²) >= 11 is 0. The molecule has 1 aliphatic rings. The fourth-order valence-electron chi connectivity index (χ4n) is 3.17. The van der Waals surface area contributed by atoms with Crippen molar-refractivity contribution in [2.75, 3.05) is 6.54 Å². The molecular formula is C15H20N4O2. The summed E-state index contributed by atoms with van der Waals surface area (Å²) in [4.78, 5) is 27.0. The molecule has 1 aromatic heterocycles. The molecule has 3 rings (SSSR count). The van der Waals surface area contributed by atoms with E-state index < -0.39 is 0 Å². The van der Waals surface area contributed by atoms with Crippen molar-refractivity contribution in [2.24, 2.45) is 5.73 Å². The van der Waals surface area contributed by atoms with E-state index in [1.807, 2.05) is 24.3 Å². The van der Waals surface area contributed by atoms with E-state index in [4.69, 9.17) is 5.73 Å². The fourth-order valence-corrected chi connectivity index (χ4v) is 3.17. The number of fused-ring (bicyclic) bond motifs is 1. The van der Waals surface area contributed by atoms with Gasteiger partial charge in [-0.15, -0.1) is 0 Å². The minimum Gasteiger partial charge on any atom is -0.348 e. The summed E-state index contributed by atoms with van der Waals surface area (Å²) < 4.78 is 1.46. The number of aromatic nitrogens is 2. The summed E-state index contributed by atoms with van der Waals surface area (Å²) in [6, 6.07) is 7.35. The number of hydrogen-bond donors (Lipinski definition) is 3. The second kappa shape index (κ2) is 5.37. The predicted octanol–water partition coefficient (Wildman–Crippen LogP) is 0.717. The first-order valence-electron chi connectivity index (χ1n) is 7.32. The van der Waals surface area contributed by atoms with Crippen LogP contribution in [-0.4, -0.2) is 27.5 Å². The Morgan fingerprint density at radius 1 is 1.33 bits per heavy atom. The first-order chi connectivity index (χ1) is 10.1.